The predicted molar refractivity (Wildman–Crippen MR) is 65.6 cm³/mol. The third kappa shape index (κ3) is 2.23. The molecule has 0 spiro atoms. The summed E-state index contributed by atoms with van der Waals surface area (Å²) < 4.78 is 24.0. The van der Waals surface area contributed by atoms with Crippen LogP contribution in [0.15, 0.2) is 34.9 Å². The predicted octanol–water partition coefficient (Wildman–Crippen LogP) is 2.29. The largest absolute Gasteiger partial charge is 0.496 e. The van der Waals surface area contributed by atoms with E-state index in [0.717, 1.165) is 5.56 Å². The molecule has 2 rings (SSSR count). The molecule has 1 unspecified atom stereocenters. The highest BCUT2D eigenvalue weighted by Crippen LogP contribution is 2.32. The molecule has 0 bridgehead atoms. The molecule has 0 radical (unpaired) electrons. The number of nitrogens with two attached hydrogens (primary N) is 1. The number of halogens is 1. The van der Waals surface area contributed by atoms with Crippen LogP contribution in [0.4, 0.5) is 4.39 Å². The molecular weight excluding hydrogens is 235 g/mol. The molecular formula is C13H15FN2O2. The van der Waals surface area contributed by atoms with Crippen LogP contribution in [0.1, 0.15) is 22.9 Å². The Bertz CT molecular complexity index is 540. The topological polar surface area (TPSA) is 60.4 Å². The quantitative estimate of drug-likeness (QED) is 0.645. The normalized spacial score (nSPS) is 12.4. The van der Waals surface area contributed by atoms with E-state index >= 15 is 0 Å². The smallest absolute Gasteiger partial charge is 0.129 e. The second-order valence-corrected chi connectivity index (χ2v) is 3.95. The molecule has 0 saturated carbocycles. The fourth-order valence-electron chi connectivity index (χ4n) is 1.92. The van der Waals surface area contributed by atoms with Crippen LogP contribution in [-0.4, -0.2) is 7.11 Å². The maximum absolute atomic E-state index is 13.4. The first kappa shape index (κ1) is 12.6. The molecule has 1 atom stereocenters. The van der Waals surface area contributed by atoms with Crippen molar-refractivity contribution in [3.05, 3.63) is 53.2 Å². The van der Waals surface area contributed by atoms with Crippen LogP contribution in [0.25, 0.3) is 0 Å². The Hall–Kier alpha value is -1.85. The van der Waals surface area contributed by atoms with Crippen molar-refractivity contribution in [3.63, 3.8) is 0 Å². The Morgan fingerprint density at radius 1 is 1.39 bits per heavy atom. The number of hydrogen-bond acceptors (Lipinski definition) is 4. The van der Waals surface area contributed by atoms with E-state index in [0.29, 0.717) is 17.1 Å². The van der Waals surface area contributed by atoms with Gasteiger partial charge in [-0.2, -0.15) is 0 Å². The lowest BCUT2D eigenvalue weighted by Crippen LogP contribution is -2.29. The number of ether oxygens (including phenoxy) is 1. The number of aryl methyl sites for hydroxylation is 1. The Morgan fingerprint density at radius 3 is 2.72 bits per heavy atom. The second kappa shape index (κ2) is 5.20. The fourth-order valence-corrected chi connectivity index (χ4v) is 1.92. The van der Waals surface area contributed by atoms with E-state index in [1.165, 1.54) is 19.2 Å². The van der Waals surface area contributed by atoms with E-state index in [2.05, 4.69) is 5.43 Å². The highest BCUT2D eigenvalue weighted by molar-refractivity contribution is 5.41. The zero-order valence-corrected chi connectivity index (χ0v) is 10.2. The highest BCUT2D eigenvalue weighted by Gasteiger charge is 2.22. The number of methoxy groups -OCH3 is 1. The number of hydrazine groups is 1. The van der Waals surface area contributed by atoms with Gasteiger partial charge in [0.05, 0.1) is 13.4 Å². The van der Waals surface area contributed by atoms with Gasteiger partial charge in [-0.05, 0) is 36.8 Å². The molecule has 0 fully saturated rings. The summed E-state index contributed by atoms with van der Waals surface area (Å²) in [6.07, 6.45) is 1.57. The van der Waals surface area contributed by atoms with Crippen molar-refractivity contribution in [1.82, 2.24) is 5.43 Å². The van der Waals surface area contributed by atoms with Crippen molar-refractivity contribution in [2.75, 3.05) is 7.11 Å². The highest BCUT2D eigenvalue weighted by atomic mass is 19.1. The molecule has 0 aliphatic rings. The fraction of sp³-hybridized carbons (Fsp3) is 0.231. The van der Waals surface area contributed by atoms with E-state index in [1.807, 2.05) is 13.0 Å². The minimum Gasteiger partial charge on any atom is -0.496 e. The number of hydrogen-bond donors (Lipinski definition) is 2. The SMILES string of the molecule is COc1ccc(F)cc1C(NN)c1occc1C. The van der Waals surface area contributed by atoms with Gasteiger partial charge in [0.1, 0.15) is 23.4 Å². The molecule has 2 aromatic rings. The molecule has 1 heterocycles. The van der Waals surface area contributed by atoms with Crippen LogP contribution < -0.4 is 16.0 Å². The summed E-state index contributed by atoms with van der Waals surface area (Å²) in [7, 11) is 1.53. The molecule has 0 aliphatic carbocycles. The zero-order chi connectivity index (χ0) is 13.1. The first-order chi connectivity index (χ1) is 8.67. The molecule has 1 aromatic heterocycles. The maximum atomic E-state index is 13.4. The summed E-state index contributed by atoms with van der Waals surface area (Å²) in [6.45, 7) is 1.90. The summed E-state index contributed by atoms with van der Waals surface area (Å²) >= 11 is 0. The van der Waals surface area contributed by atoms with Crippen LogP contribution in [0.5, 0.6) is 5.75 Å². The third-order valence-corrected chi connectivity index (χ3v) is 2.83. The van der Waals surface area contributed by atoms with Gasteiger partial charge in [0.2, 0.25) is 0 Å². The van der Waals surface area contributed by atoms with Gasteiger partial charge in [-0.3, -0.25) is 5.84 Å². The monoisotopic (exact) mass is 250 g/mol. The van der Waals surface area contributed by atoms with Gasteiger partial charge in [0.15, 0.2) is 0 Å². The van der Waals surface area contributed by atoms with Gasteiger partial charge in [-0.25, -0.2) is 9.82 Å². The van der Waals surface area contributed by atoms with Crippen LogP contribution in [0, 0.1) is 12.7 Å². The number of nitrogens with one attached hydrogen (secondary N) is 1. The summed E-state index contributed by atoms with van der Waals surface area (Å²) in [6, 6.07) is 5.65. The van der Waals surface area contributed by atoms with E-state index in [-0.39, 0.29) is 5.82 Å². The minimum absolute atomic E-state index is 0.352. The van der Waals surface area contributed by atoms with Crippen LogP contribution in [0.2, 0.25) is 0 Å². The van der Waals surface area contributed by atoms with E-state index in [1.54, 1.807) is 12.3 Å². The van der Waals surface area contributed by atoms with Gasteiger partial charge >= 0.3 is 0 Å². The van der Waals surface area contributed by atoms with Crippen molar-refractivity contribution in [2.45, 2.75) is 13.0 Å². The molecule has 4 nitrogen and oxygen atoms in total. The third-order valence-electron chi connectivity index (χ3n) is 2.83. The molecule has 18 heavy (non-hydrogen) atoms. The molecule has 1 aromatic carbocycles. The molecule has 0 aliphatic heterocycles. The van der Waals surface area contributed by atoms with E-state index in [9.17, 15) is 4.39 Å². The molecule has 5 heteroatoms. The van der Waals surface area contributed by atoms with Crippen molar-refractivity contribution in [3.8, 4) is 5.75 Å². The van der Waals surface area contributed by atoms with Gasteiger partial charge in [-0.1, -0.05) is 0 Å². The summed E-state index contributed by atoms with van der Waals surface area (Å²) in [5.74, 6) is 6.39. The average Bonchev–Trinajstić information content (AvgIpc) is 2.77. The van der Waals surface area contributed by atoms with E-state index in [4.69, 9.17) is 15.0 Å². The molecule has 0 saturated heterocycles. The number of rotatable bonds is 4. The van der Waals surface area contributed by atoms with Crippen LogP contribution >= 0.6 is 0 Å². The molecule has 96 valence electrons. The van der Waals surface area contributed by atoms with Crippen molar-refractivity contribution in [1.29, 1.82) is 0 Å². The lowest BCUT2D eigenvalue weighted by molar-refractivity contribution is 0.391. The minimum atomic E-state index is -0.453. The average molecular weight is 250 g/mol. The standard InChI is InChI=1S/C13H15FN2O2/c1-8-5-6-18-13(8)12(16-15)10-7-9(14)3-4-11(10)17-2/h3-7,12,16H,15H2,1-2H3. The first-order valence-corrected chi connectivity index (χ1v) is 5.51. The zero-order valence-electron chi connectivity index (χ0n) is 10.2. The Labute approximate surface area is 105 Å². The van der Waals surface area contributed by atoms with Crippen molar-refractivity contribution < 1.29 is 13.5 Å². The Kier molecular flexibility index (Phi) is 3.64. The van der Waals surface area contributed by atoms with Crippen LogP contribution in [-0.2, 0) is 0 Å². The molecule has 3 N–H and O–H groups in total. The van der Waals surface area contributed by atoms with Gasteiger partial charge < -0.3 is 9.15 Å². The Balaban J connectivity index is 2.51. The summed E-state index contributed by atoms with van der Waals surface area (Å²) in [5.41, 5.74) is 4.15. The molecule has 0 amide bonds. The lowest BCUT2D eigenvalue weighted by atomic mass is 10.0. The van der Waals surface area contributed by atoms with Gasteiger partial charge in [-0.15, -0.1) is 0 Å². The van der Waals surface area contributed by atoms with Gasteiger partial charge in [0, 0.05) is 5.56 Å². The number of furan rings is 1. The maximum Gasteiger partial charge on any atom is 0.129 e. The lowest BCUT2D eigenvalue weighted by Gasteiger charge is -2.18. The van der Waals surface area contributed by atoms with Gasteiger partial charge in [0.25, 0.3) is 0 Å². The van der Waals surface area contributed by atoms with Crippen molar-refractivity contribution >= 4 is 0 Å². The summed E-state index contributed by atoms with van der Waals surface area (Å²) in [4.78, 5) is 0. The van der Waals surface area contributed by atoms with Crippen LogP contribution in [0.3, 0.4) is 0 Å². The summed E-state index contributed by atoms with van der Waals surface area (Å²) in [5, 5.41) is 0. The number of benzene rings is 1. The first-order valence-electron chi connectivity index (χ1n) is 5.51. The second-order valence-electron chi connectivity index (χ2n) is 3.95. The van der Waals surface area contributed by atoms with E-state index < -0.39 is 6.04 Å². The van der Waals surface area contributed by atoms with Crippen molar-refractivity contribution in [2.24, 2.45) is 5.84 Å². The Morgan fingerprint density at radius 2 is 2.17 bits per heavy atom.